The lowest BCUT2D eigenvalue weighted by atomic mass is 10.1. The molecular formula is C17H30N2O2. The quantitative estimate of drug-likeness (QED) is 0.784. The second-order valence-corrected chi connectivity index (χ2v) is 6.93. The van der Waals surface area contributed by atoms with Crippen molar-refractivity contribution < 1.29 is 9.15 Å². The van der Waals surface area contributed by atoms with Crippen molar-refractivity contribution in [2.75, 3.05) is 26.2 Å². The maximum Gasteiger partial charge on any atom is 0.133 e. The maximum absolute atomic E-state index is 5.79. The van der Waals surface area contributed by atoms with Crippen LogP contribution in [0.3, 0.4) is 0 Å². The molecule has 1 fully saturated rings. The number of piperidine rings is 1. The minimum Gasteiger partial charge on any atom is -0.467 e. The van der Waals surface area contributed by atoms with E-state index in [9.17, 15) is 0 Å². The van der Waals surface area contributed by atoms with E-state index in [0.717, 1.165) is 25.5 Å². The molecule has 2 heterocycles. The largest absolute Gasteiger partial charge is 0.467 e. The molecule has 1 aliphatic rings. The Balaban J connectivity index is 1.67. The van der Waals surface area contributed by atoms with Gasteiger partial charge in [0, 0.05) is 24.2 Å². The number of nitrogens with zero attached hydrogens (tertiary/aromatic N) is 1. The molecule has 0 unspecified atom stereocenters. The van der Waals surface area contributed by atoms with Crippen LogP contribution < -0.4 is 5.32 Å². The molecule has 0 amide bonds. The van der Waals surface area contributed by atoms with Crippen molar-refractivity contribution in [1.29, 1.82) is 0 Å². The molecule has 2 rings (SSSR count). The van der Waals surface area contributed by atoms with Gasteiger partial charge in [0.2, 0.25) is 0 Å². The van der Waals surface area contributed by atoms with Crippen molar-refractivity contribution in [1.82, 2.24) is 10.2 Å². The molecule has 0 radical (unpaired) electrons. The first-order valence-corrected chi connectivity index (χ1v) is 8.15. The highest BCUT2D eigenvalue weighted by molar-refractivity contribution is 5.16. The number of likely N-dealkylation sites (tertiary alicyclic amines) is 1. The average Bonchev–Trinajstić information content (AvgIpc) is 2.89. The summed E-state index contributed by atoms with van der Waals surface area (Å²) in [5.41, 5.74) is 1.31. The first-order valence-electron chi connectivity index (χ1n) is 8.15. The maximum atomic E-state index is 5.79. The lowest BCUT2D eigenvalue weighted by molar-refractivity contribution is 0.0758. The summed E-state index contributed by atoms with van der Waals surface area (Å²) in [7, 11) is 0. The van der Waals surface area contributed by atoms with Gasteiger partial charge in [-0.1, -0.05) is 6.42 Å². The fourth-order valence-electron chi connectivity index (χ4n) is 2.55. The molecule has 0 aromatic carbocycles. The average molecular weight is 294 g/mol. The van der Waals surface area contributed by atoms with E-state index in [0.29, 0.717) is 6.61 Å². The van der Waals surface area contributed by atoms with Gasteiger partial charge in [-0.25, -0.2) is 0 Å². The van der Waals surface area contributed by atoms with Crippen LogP contribution in [-0.2, 0) is 17.9 Å². The topological polar surface area (TPSA) is 37.6 Å². The lowest BCUT2D eigenvalue weighted by Crippen LogP contribution is -2.35. The van der Waals surface area contributed by atoms with Crippen molar-refractivity contribution in [2.24, 2.45) is 0 Å². The second kappa shape index (κ2) is 7.97. The number of furan rings is 1. The Kier molecular flexibility index (Phi) is 6.27. The van der Waals surface area contributed by atoms with Crippen LogP contribution in [0.4, 0.5) is 0 Å². The van der Waals surface area contributed by atoms with Gasteiger partial charge in [0.05, 0.1) is 12.9 Å². The van der Waals surface area contributed by atoms with E-state index in [-0.39, 0.29) is 5.54 Å². The van der Waals surface area contributed by atoms with Crippen LogP contribution >= 0.6 is 0 Å². The summed E-state index contributed by atoms with van der Waals surface area (Å²) in [4.78, 5) is 2.49. The summed E-state index contributed by atoms with van der Waals surface area (Å²) < 4.78 is 11.3. The first kappa shape index (κ1) is 16.5. The second-order valence-electron chi connectivity index (χ2n) is 6.93. The molecule has 4 heteroatoms. The summed E-state index contributed by atoms with van der Waals surface area (Å²) in [6, 6.07) is 2.03. The molecule has 0 saturated carbocycles. The van der Waals surface area contributed by atoms with Gasteiger partial charge in [0.25, 0.3) is 0 Å². The highest BCUT2D eigenvalue weighted by Crippen LogP contribution is 2.14. The third-order valence-corrected chi connectivity index (χ3v) is 3.88. The van der Waals surface area contributed by atoms with Gasteiger partial charge in [-0.15, -0.1) is 0 Å². The zero-order chi connectivity index (χ0) is 15.1. The minimum absolute atomic E-state index is 0.115. The van der Waals surface area contributed by atoms with Crippen molar-refractivity contribution in [2.45, 2.75) is 58.7 Å². The molecule has 0 spiro atoms. The molecule has 1 N–H and O–H groups in total. The highest BCUT2D eigenvalue weighted by atomic mass is 16.5. The van der Waals surface area contributed by atoms with E-state index in [1.54, 1.807) is 6.26 Å². The summed E-state index contributed by atoms with van der Waals surface area (Å²) in [6.45, 7) is 12.2. The molecule has 1 aromatic heterocycles. The van der Waals surface area contributed by atoms with Gasteiger partial charge in [-0.05, 0) is 52.8 Å². The molecule has 0 atom stereocenters. The predicted octanol–water partition coefficient (Wildman–Crippen LogP) is 3.17. The zero-order valence-corrected chi connectivity index (χ0v) is 13.8. The Bertz CT molecular complexity index is 403. The molecule has 1 saturated heterocycles. The van der Waals surface area contributed by atoms with Crippen molar-refractivity contribution >= 4 is 0 Å². The molecule has 4 nitrogen and oxygen atoms in total. The van der Waals surface area contributed by atoms with Crippen LogP contribution in [0, 0.1) is 0 Å². The van der Waals surface area contributed by atoms with Crippen molar-refractivity contribution in [3.63, 3.8) is 0 Å². The fourth-order valence-corrected chi connectivity index (χ4v) is 2.55. The lowest BCUT2D eigenvalue weighted by Gasteiger charge is -2.26. The summed E-state index contributed by atoms with van der Waals surface area (Å²) in [5, 5.41) is 3.48. The van der Waals surface area contributed by atoms with Gasteiger partial charge < -0.3 is 19.4 Å². The molecular weight excluding hydrogens is 264 g/mol. The van der Waals surface area contributed by atoms with Gasteiger partial charge >= 0.3 is 0 Å². The third-order valence-electron chi connectivity index (χ3n) is 3.88. The Hall–Kier alpha value is -0.840. The predicted molar refractivity (Wildman–Crippen MR) is 85.2 cm³/mol. The number of hydrogen-bond acceptors (Lipinski definition) is 4. The number of hydrogen-bond donors (Lipinski definition) is 1. The molecule has 1 aliphatic heterocycles. The molecule has 21 heavy (non-hydrogen) atoms. The van der Waals surface area contributed by atoms with Crippen LogP contribution in [0.5, 0.6) is 0 Å². The van der Waals surface area contributed by atoms with E-state index >= 15 is 0 Å². The number of nitrogens with one attached hydrogen (secondary N) is 1. The first-order chi connectivity index (χ1) is 10.0. The minimum atomic E-state index is 0.115. The van der Waals surface area contributed by atoms with E-state index in [1.165, 1.54) is 37.9 Å². The SMILES string of the molecule is CC(C)(C)NCc1ccoc1COCCN1CCCCC1. The van der Waals surface area contributed by atoms with Gasteiger partial charge in [0.1, 0.15) is 12.4 Å². The van der Waals surface area contributed by atoms with E-state index in [2.05, 4.69) is 31.0 Å². The molecule has 0 aliphatic carbocycles. The third kappa shape index (κ3) is 6.20. The summed E-state index contributed by atoms with van der Waals surface area (Å²) in [6.07, 6.45) is 5.80. The smallest absolute Gasteiger partial charge is 0.133 e. The van der Waals surface area contributed by atoms with Crippen LogP contribution in [-0.4, -0.2) is 36.7 Å². The standard InChI is InChI=1S/C17H30N2O2/c1-17(2,3)18-13-15-7-11-21-16(15)14-20-12-10-19-8-5-4-6-9-19/h7,11,18H,4-6,8-10,12-14H2,1-3H3. The Morgan fingerprint density at radius 1 is 1.24 bits per heavy atom. The zero-order valence-electron chi connectivity index (χ0n) is 13.8. The fraction of sp³-hybridized carbons (Fsp3) is 0.765. The van der Waals surface area contributed by atoms with E-state index < -0.39 is 0 Å². The summed E-state index contributed by atoms with van der Waals surface area (Å²) in [5.74, 6) is 0.949. The molecule has 1 aromatic rings. The highest BCUT2D eigenvalue weighted by Gasteiger charge is 2.13. The van der Waals surface area contributed by atoms with Gasteiger partial charge in [-0.2, -0.15) is 0 Å². The molecule has 120 valence electrons. The Morgan fingerprint density at radius 2 is 2.00 bits per heavy atom. The van der Waals surface area contributed by atoms with Gasteiger partial charge in [-0.3, -0.25) is 0 Å². The van der Waals surface area contributed by atoms with E-state index in [1.807, 2.05) is 6.07 Å². The number of ether oxygens (including phenoxy) is 1. The Morgan fingerprint density at radius 3 is 2.71 bits per heavy atom. The van der Waals surface area contributed by atoms with E-state index in [4.69, 9.17) is 9.15 Å². The number of rotatable bonds is 7. The monoisotopic (exact) mass is 294 g/mol. The van der Waals surface area contributed by atoms with Crippen LogP contribution in [0.2, 0.25) is 0 Å². The van der Waals surface area contributed by atoms with Crippen molar-refractivity contribution in [3.8, 4) is 0 Å². The van der Waals surface area contributed by atoms with Crippen LogP contribution in [0.15, 0.2) is 16.7 Å². The van der Waals surface area contributed by atoms with Crippen LogP contribution in [0.1, 0.15) is 51.4 Å². The van der Waals surface area contributed by atoms with Crippen molar-refractivity contribution in [3.05, 3.63) is 23.7 Å². The summed E-state index contributed by atoms with van der Waals surface area (Å²) >= 11 is 0. The molecule has 0 bridgehead atoms. The Labute approximate surface area is 128 Å². The van der Waals surface area contributed by atoms with Crippen LogP contribution in [0.25, 0.3) is 0 Å². The van der Waals surface area contributed by atoms with Gasteiger partial charge in [0.15, 0.2) is 0 Å². The normalized spacial score (nSPS) is 17.3.